The van der Waals surface area contributed by atoms with E-state index in [4.69, 9.17) is 9.40 Å². The SMILES string of the molecule is Cc1ccc2c(c1)c1cc(C)ccc1n2-c1ccc(-c2c(-c3ccc(-n4c5ccccc5c5ccccc54)cc3)c(C#N)c(-c3nc4ccccc4o3)c(-c3ccc(-n4c5ccc(C)cc5c5cc(C)ccc54)cc3)c2-c2ccc(-n3c4ccc(C)cc4c4cc(C)ccc43)cc2)cc1. The summed E-state index contributed by atoms with van der Waals surface area (Å²) in [6.45, 7) is 13.0. The summed E-state index contributed by atoms with van der Waals surface area (Å²) in [5.74, 6) is 0.357. The Morgan fingerprint density at radius 1 is 0.273 bits per heavy atom. The Kier molecular flexibility index (Phi) is 12.9. The highest BCUT2D eigenvalue weighted by Gasteiger charge is 2.32. The molecule has 5 aromatic heterocycles. The maximum Gasteiger partial charge on any atom is 0.229 e. The third-order valence-corrected chi connectivity index (χ3v) is 20.6. The van der Waals surface area contributed by atoms with Crippen LogP contribution < -0.4 is 0 Å². The van der Waals surface area contributed by atoms with Gasteiger partial charge in [0.05, 0.1) is 55.3 Å². The van der Waals surface area contributed by atoms with Gasteiger partial charge >= 0.3 is 0 Å². The Hall–Kier alpha value is -12.8. The second-order valence-corrected chi connectivity index (χ2v) is 27.0. The second-order valence-electron chi connectivity index (χ2n) is 27.0. The van der Waals surface area contributed by atoms with Gasteiger partial charge < -0.3 is 22.7 Å². The number of benzene rings is 14. The molecule has 468 valence electrons. The second kappa shape index (κ2) is 22.2. The minimum atomic E-state index is 0.357. The van der Waals surface area contributed by atoms with Crippen molar-refractivity contribution in [1.82, 2.24) is 23.3 Å². The third kappa shape index (κ3) is 9.00. The Balaban J connectivity index is 0.923. The van der Waals surface area contributed by atoms with Gasteiger partial charge in [0.25, 0.3) is 0 Å². The molecule has 0 atom stereocenters. The number of oxazole rings is 1. The van der Waals surface area contributed by atoms with Crippen molar-refractivity contribution in [3.63, 3.8) is 0 Å². The van der Waals surface area contributed by atoms with Gasteiger partial charge in [-0.2, -0.15) is 5.26 Å². The fourth-order valence-electron chi connectivity index (χ4n) is 16.1. The Bertz CT molecular complexity index is 6370. The number of para-hydroxylation sites is 4. The van der Waals surface area contributed by atoms with Gasteiger partial charge in [-0.05, 0) is 221 Å². The summed E-state index contributed by atoms with van der Waals surface area (Å²) in [6, 6.07) is 105. The van der Waals surface area contributed by atoms with E-state index in [-0.39, 0.29) is 0 Å². The van der Waals surface area contributed by atoms with Crippen molar-refractivity contribution in [3.05, 3.63) is 318 Å². The normalized spacial score (nSPS) is 11.9. The fourth-order valence-corrected chi connectivity index (χ4v) is 16.1. The molecule has 14 aromatic carbocycles. The molecule has 0 aliphatic rings. The first-order chi connectivity index (χ1) is 48.5. The highest BCUT2D eigenvalue weighted by atomic mass is 16.3. The predicted molar refractivity (Wildman–Crippen MR) is 412 cm³/mol. The molecule has 5 heterocycles. The van der Waals surface area contributed by atoms with Crippen LogP contribution in [-0.4, -0.2) is 23.3 Å². The molecule has 0 saturated heterocycles. The van der Waals surface area contributed by atoms with Crippen molar-refractivity contribution in [3.8, 4) is 84.8 Å². The first-order valence-corrected chi connectivity index (χ1v) is 34.0. The lowest BCUT2D eigenvalue weighted by molar-refractivity contribution is 0.620. The van der Waals surface area contributed by atoms with Gasteiger partial charge in [0.2, 0.25) is 5.89 Å². The zero-order chi connectivity index (χ0) is 66.5. The zero-order valence-corrected chi connectivity index (χ0v) is 55.6. The summed E-state index contributed by atoms with van der Waals surface area (Å²) in [7, 11) is 0. The summed E-state index contributed by atoms with van der Waals surface area (Å²) in [5, 5.41) is 22.2. The molecule has 0 spiro atoms. The Morgan fingerprint density at radius 2 is 0.545 bits per heavy atom. The highest BCUT2D eigenvalue weighted by Crippen LogP contribution is 2.54. The van der Waals surface area contributed by atoms with E-state index in [0.29, 0.717) is 28.1 Å². The molecule has 0 N–H and O–H groups in total. The minimum absolute atomic E-state index is 0.357. The first-order valence-electron chi connectivity index (χ1n) is 34.0. The lowest BCUT2D eigenvalue weighted by atomic mass is 9.77. The van der Waals surface area contributed by atoms with Crippen molar-refractivity contribution in [2.45, 2.75) is 41.5 Å². The van der Waals surface area contributed by atoms with Crippen LogP contribution in [-0.2, 0) is 0 Å². The molecule has 0 fully saturated rings. The number of nitrogens with zero attached hydrogens (tertiary/aromatic N) is 6. The Morgan fingerprint density at radius 3 is 0.869 bits per heavy atom. The summed E-state index contributed by atoms with van der Waals surface area (Å²) in [6.07, 6.45) is 0. The highest BCUT2D eigenvalue weighted by molar-refractivity contribution is 6.15. The van der Waals surface area contributed by atoms with E-state index in [2.05, 4.69) is 321 Å². The molecule has 0 aliphatic heterocycles. The quantitative estimate of drug-likeness (QED) is 0.145. The number of aryl methyl sites for hydroxylation is 6. The van der Waals surface area contributed by atoms with Crippen LogP contribution in [0.5, 0.6) is 0 Å². The molecule has 0 bridgehead atoms. The van der Waals surface area contributed by atoms with E-state index >= 15 is 0 Å². The zero-order valence-electron chi connectivity index (χ0n) is 55.6. The van der Waals surface area contributed by atoms with Crippen LogP contribution in [0.4, 0.5) is 0 Å². The van der Waals surface area contributed by atoms with E-state index < -0.39 is 0 Å². The van der Waals surface area contributed by atoms with Crippen LogP contribution in [0.25, 0.3) is 177 Å². The minimum Gasteiger partial charge on any atom is -0.436 e. The average Bonchev–Trinajstić information content (AvgIpc) is 1.12. The van der Waals surface area contributed by atoms with Crippen LogP contribution >= 0.6 is 0 Å². The summed E-state index contributed by atoms with van der Waals surface area (Å²) < 4.78 is 16.6. The van der Waals surface area contributed by atoms with Gasteiger partial charge in [-0.1, -0.05) is 167 Å². The third-order valence-electron chi connectivity index (χ3n) is 20.6. The molecule has 7 heteroatoms. The van der Waals surface area contributed by atoms with Crippen molar-refractivity contribution in [2.75, 3.05) is 0 Å². The molecule has 99 heavy (non-hydrogen) atoms. The van der Waals surface area contributed by atoms with E-state index in [9.17, 15) is 5.26 Å². The summed E-state index contributed by atoms with van der Waals surface area (Å²) in [4.78, 5) is 5.38. The van der Waals surface area contributed by atoms with Crippen LogP contribution in [0.1, 0.15) is 38.9 Å². The van der Waals surface area contributed by atoms with Crippen LogP contribution in [0.15, 0.2) is 283 Å². The van der Waals surface area contributed by atoms with Gasteiger partial charge in [0.1, 0.15) is 11.6 Å². The van der Waals surface area contributed by atoms with E-state index in [1.807, 2.05) is 24.3 Å². The molecule has 7 nitrogen and oxygen atoms in total. The number of hydrogen-bond acceptors (Lipinski definition) is 3. The average molecular weight is 1270 g/mol. The van der Waals surface area contributed by atoms with Crippen molar-refractivity contribution >= 4 is 98.3 Å². The first kappa shape index (κ1) is 57.7. The summed E-state index contributed by atoms with van der Waals surface area (Å²) >= 11 is 0. The van der Waals surface area contributed by atoms with Crippen LogP contribution in [0, 0.1) is 52.9 Å². The van der Waals surface area contributed by atoms with E-state index in [1.54, 1.807) is 0 Å². The molecule has 0 amide bonds. The maximum absolute atomic E-state index is 12.6. The molecule has 0 saturated carbocycles. The van der Waals surface area contributed by atoms with Crippen LogP contribution in [0.2, 0.25) is 0 Å². The summed E-state index contributed by atoms with van der Waals surface area (Å²) in [5.41, 5.74) is 29.9. The monoisotopic (exact) mass is 1270 g/mol. The largest absolute Gasteiger partial charge is 0.436 e. The molecule has 0 radical (unpaired) electrons. The van der Waals surface area contributed by atoms with Crippen LogP contribution in [0.3, 0.4) is 0 Å². The number of aromatic nitrogens is 5. The van der Waals surface area contributed by atoms with Crippen molar-refractivity contribution < 1.29 is 4.42 Å². The smallest absolute Gasteiger partial charge is 0.229 e. The maximum atomic E-state index is 12.6. The lowest BCUT2D eigenvalue weighted by Gasteiger charge is -2.25. The van der Waals surface area contributed by atoms with Gasteiger partial charge in [-0.3, -0.25) is 0 Å². The standard InChI is InChI=1S/C92H64N6O/c1-54-19-41-80-70(47-54)71-48-55(2)20-42-81(71)96(80)65-35-27-61(28-36-65)88-87(60-25-33-64(34-26-60)95-78-16-10-7-13-68(78)69-14-8-11-17-79(69)95)76(53-93)91(92-94-77-15-9-12-18-86(77)99-92)90(63-31-39-67(40-32-63)98-84-45-23-58(5)51-74(84)75-52-59(6)24-46-85(75)98)89(88)62-29-37-66(38-30-62)97-82-43-21-56(3)49-72(82)73-50-57(4)22-44-83(73)97/h7-52H,1-6H3. The molecule has 19 rings (SSSR count). The van der Waals surface area contributed by atoms with E-state index in [0.717, 1.165) is 111 Å². The number of rotatable bonds is 9. The molecule has 0 aliphatic carbocycles. The fraction of sp³-hybridized carbons (Fsp3) is 0.0652. The Labute approximate surface area is 572 Å². The molecule has 0 unspecified atom stereocenters. The predicted octanol–water partition coefficient (Wildman–Crippen LogP) is 24.3. The van der Waals surface area contributed by atoms with Crippen molar-refractivity contribution in [2.24, 2.45) is 0 Å². The lowest BCUT2D eigenvalue weighted by Crippen LogP contribution is -2.03. The molecular weight excluding hydrogens is 1210 g/mol. The number of hydrogen-bond donors (Lipinski definition) is 0. The topological polar surface area (TPSA) is 69.5 Å². The van der Waals surface area contributed by atoms with Gasteiger partial charge in [0.15, 0.2) is 5.58 Å². The van der Waals surface area contributed by atoms with E-state index in [1.165, 1.54) is 76.5 Å². The molecule has 19 aromatic rings. The van der Waals surface area contributed by atoms with Gasteiger partial charge in [-0.15, -0.1) is 0 Å². The van der Waals surface area contributed by atoms with Gasteiger partial charge in [-0.25, -0.2) is 4.98 Å². The van der Waals surface area contributed by atoms with Crippen molar-refractivity contribution in [1.29, 1.82) is 5.26 Å². The molecular formula is C92H64N6O. The number of nitriles is 1. The van der Waals surface area contributed by atoms with Gasteiger partial charge in [0, 0.05) is 77.0 Å². The number of fused-ring (bicyclic) bond motifs is 13.